The summed E-state index contributed by atoms with van der Waals surface area (Å²) in [5.74, 6) is 1.25. The Kier molecular flexibility index (Phi) is 9.56. The summed E-state index contributed by atoms with van der Waals surface area (Å²) in [5, 5.41) is 0. The summed E-state index contributed by atoms with van der Waals surface area (Å²) in [5.41, 5.74) is 5.19. The Balaban J connectivity index is 1.06. The molecule has 45 heavy (non-hydrogen) atoms. The highest BCUT2D eigenvalue weighted by Gasteiger charge is 2.41. The summed E-state index contributed by atoms with van der Waals surface area (Å²) in [7, 11) is 0. The Morgan fingerprint density at radius 2 is 1.56 bits per heavy atom. The monoisotopic (exact) mass is 603 g/mol. The highest BCUT2D eigenvalue weighted by Crippen LogP contribution is 2.30. The standard InChI is InChI=1S/C38H37NO6/c1-2-42-36(37(40)39-32(26-44-38(39)41)22-27-9-5-3-6-10-27)24-30-15-20-35-31(21-30)16-19-34(45-35)23-28-13-17-33(18-14-28)43-25-29-11-7-4-8-12-29/h3-21,32,34,36H,2,22-26H2,1H3/t32-,34-,36-/m0/s1. The molecule has 7 nitrogen and oxygen atoms in total. The number of rotatable bonds is 12. The van der Waals surface area contributed by atoms with Gasteiger partial charge in [-0.2, -0.15) is 0 Å². The summed E-state index contributed by atoms with van der Waals surface area (Å²) in [4.78, 5) is 27.5. The van der Waals surface area contributed by atoms with Gasteiger partial charge in [-0.15, -0.1) is 0 Å². The van der Waals surface area contributed by atoms with Gasteiger partial charge in [-0.1, -0.05) is 84.9 Å². The van der Waals surface area contributed by atoms with E-state index in [4.69, 9.17) is 18.9 Å². The van der Waals surface area contributed by atoms with Gasteiger partial charge in [0.15, 0.2) is 0 Å². The van der Waals surface area contributed by atoms with Gasteiger partial charge in [0.1, 0.15) is 36.9 Å². The molecule has 2 aliphatic rings. The Bertz CT molecular complexity index is 1620. The fourth-order valence-electron chi connectivity index (χ4n) is 5.74. The zero-order chi connectivity index (χ0) is 31.0. The smallest absolute Gasteiger partial charge is 0.417 e. The second kappa shape index (κ2) is 14.3. The SMILES string of the molecule is CCO[C@@H](Cc1ccc2c(c1)C=C[C@@H](Cc1ccc(OCc3ccccc3)cc1)O2)C(=O)N1C(=O)OC[C@@H]1Cc1ccccc1. The molecule has 2 amide bonds. The highest BCUT2D eigenvalue weighted by atomic mass is 16.6. The largest absolute Gasteiger partial charge is 0.489 e. The second-order valence-electron chi connectivity index (χ2n) is 11.3. The number of nitrogens with zero attached hydrogens (tertiary/aromatic N) is 1. The van der Waals surface area contributed by atoms with Crippen molar-refractivity contribution in [2.75, 3.05) is 13.2 Å². The van der Waals surface area contributed by atoms with Gasteiger partial charge >= 0.3 is 6.09 Å². The van der Waals surface area contributed by atoms with Crippen LogP contribution in [0.25, 0.3) is 6.08 Å². The van der Waals surface area contributed by atoms with E-state index in [0.717, 1.165) is 45.7 Å². The van der Waals surface area contributed by atoms with Crippen molar-refractivity contribution in [1.82, 2.24) is 4.90 Å². The lowest BCUT2D eigenvalue weighted by Crippen LogP contribution is -2.47. The first-order valence-corrected chi connectivity index (χ1v) is 15.4. The van der Waals surface area contributed by atoms with Crippen molar-refractivity contribution in [3.05, 3.63) is 137 Å². The van der Waals surface area contributed by atoms with Gasteiger partial charge in [0, 0.05) is 25.0 Å². The molecule has 4 aromatic rings. The van der Waals surface area contributed by atoms with Crippen molar-refractivity contribution in [2.24, 2.45) is 0 Å². The summed E-state index contributed by atoms with van der Waals surface area (Å²) in [6.07, 6.45) is 4.20. The van der Waals surface area contributed by atoms with E-state index in [2.05, 4.69) is 24.3 Å². The fraction of sp³-hybridized carbons (Fsp3) is 0.263. The van der Waals surface area contributed by atoms with Gasteiger partial charge in [0.2, 0.25) is 0 Å². The Morgan fingerprint density at radius 1 is 0.867 bits per heavy atom. The van der Waals surface area contributed by atoms with Crippen LogP contribution in [0.2, 0.25) is 0 Å². The molecule has 230 valence electrons. The molecule has 1 fully saturated rings. The first-order valence-electron chi connectivity index (χ1n) is 15.4. The lowest BCUT2D eigenvalue weighted by molar-refractivity contribution is -0.141. The average Bonchev–Trinajstić information content (AvgIpc) is 3.44. The van der Waals surface area contributed by atoms with Crippen LogP contribution in [0.5, 0.6) is 11.5 Å². The number of cyclic esters (lactones) is 1. The van der Waals surface area contributed by atoms with Crippen molar-refractivity contribution in [1.29, 1.82) is 0 Å². The predicted octanol–water partition coefficient (Wildman–Crippen LogP) is 6.82. The Morgan fingerprint density at radius 3 is 2.29 bits per heavy atom. The van der Waals surface area contributed by atoms with E-state index in [0.29, 0.717) is 26.1 Å². The molecule has 7 heteroatoms. The van der Waals surface area contributed by atoms with Crippen molar-refractivity contribution < 1.29 is 28.5 Å². The normalized spacial score (nSPS) is 17.7. The molecule has 0 spiro atoms. The van der Waals surface area contributed by atoms with Crippen LogP contribution in [0.4, 0.5) is 4.79 Å². The minimum atomic E-state index is -0.808. The van der Waals surface area contributed by atoms with Crippen LogP contribution in [-0.2, 0) is 40.1 Å². The summed E-state index contributed by atoms with van der Waals surface area (Å²) in [6, 6.07) is 33.6. The van der Waals surface area contributed by atoms with Crippen molar-refractivity contribution in [3.8, 4) is 11.5 Å². The lowest BCUT2D eigenvalue weighted by Gasteiger charge is -2.26. The molecule has 3 atom stereocenters. The van der Waals surface area contributed by atoms with Gasteiger partial charge in [-0.3, -0.25) is 4.79 Å². The molecule has 0 aliphatic carbocycles. The third kappa shape index (κ3) is 7.62. The number of benzene rings is 4. The number of amides is 2. The zero-order valence-electron chi connectivity index (χ0n) is 25.3. The lowest BCUT2D eigenvalue weighted by atomic mass is 9.99. The van der Waals surface area contributed by atoms with E-state index in [-0.39, 0.29) is 24.7 Å². The number of ether oxygens (including phenoxy) is 4. The molecule has 2 heterocycles. The van der Waals surface area contributed by atoms with E-state index in [9.17, 15) is 9.59 Å². The predicted molar refractivity (Wildman–Crippen MR) is 172 cm³/mol. The van der Waals surface area contributed by atoms with E-state index in [1.165, 1.54) is 4.90 Å². The Labute approximate surface area is 264 Å². The van der Waals surface area contributed by atoms with Crippen LogP contribution >= 0.6 is 0 Å². The van der Waals surface area contributed by atoms with Crippen LogP contribution in [0.3, 0.4) is 0 Å². The molecule has 0 saturated carbocycles. The van der Waals surface area contributed by atoms with Gasteiger partial charge in [0.05, 0.1) is 6.04 Å². The van der Waals surface area contributed by atoms with Crippen molar-refractivity contribution >= 4 is 18.1 Å². The summed E-state index contributed by atoms with van der Waals surface area (Å²) >= 11 is 0. The average molecular weight is 604 g/mol. The molecule has 0 aromatic heterocycles. The third-order valence-electron chi connectivity index (χ3n) is 8.03. The molecular formula is C38H37NO6. The van der Waals surface area contributed by atoms with Crippen LogP contribution in [0.15, 0.2) is 109 Å². The number of carbonyl (C=O) groups is 2. The minimum absolute atomic E-state index is 0.0973. The van der Waals surface area contributed by atoms with Crippen molar-refractivity contribution in [2.45, 2.75) is 51.0 Å². The van der Waals surface area contributed by atoms with E-state index in [1.54, 1.807) is 0 Å². The van der Waals surface area contributed by atoms with Crippen LogP contribution in [0.1, 0.15) is 34.7 Å². The van der Waals surface area contributed by atoms with Crippen molar-refractivity contribution in [3.63, 3.8) is 0 Å². The summed E-state index contributed by atoms with van der Waals surface area (Å²) in [6.45, 7) is 2.90. The van der Waals surface area contributed by atoms with Gasteiger partial charge in [-0.05, 0) is 65.9 Å². The van der Waals surface area contributed by atoms with Crippen LogP contribution in [-0.4, -0.2) is 48.4 Å². The number of carbonyl (C=O) groups excluding carboxylic acids is 2. The molecule has 4 aromatic carbocycles. The first kappa shape index (κ1) is 30.2. The molecule has 0 bridgehead atoms. The van der Waals surface area contributed by atoms with Crippen LogP contribution < -0.4 is 9.47 Å². The Hall–Kier alpha value is -4.88. The van der Waals surface area contributed by atoms with E-state index >= 15 is 0 Å². The summed E-state index contributed by atoms with van der Waals surface area (Å²) < 4.78 is 23.4. The molecule has 1 saturated heterocycles. The maximum atomic E-state index is 13.6. The topological polar surface area (TPSA) is 74.3 Å². The number of imide groups is 1. The van der Waals surface area contributed by atoms with Gasteiger partial charge < -0.3 is 18.9 Å². The number of hydrogen-bond acceptors (Lipinski definition) is 6. The van der Waals surface area contributed by atoms with E-state index in [1.807, 2.05) is 97.9 Å². The van der Waals surface area contributed by atoms with Gasteiger partial charge in [-0.25, -0.2) is 9.69 Å². The minimum Gasteiger partial charge on any atom is -0.489 e. The first-order chi connectivity index (χ1) is 22.1. The number of hydrogen-bond donors (Lipinski definition) is 0. The maximum absolute atomic E-state index is 13.6. The third-order valence-corrected chi connectivity index (χ3v) is 8.03. The molecule has 0 N–H and O–H groups in total. The molecule has 0 unspecified atom stereocenters. The van der Waals surface area contributed by atoms with Gasteiger partial charge in [0.25, 0.3) is 5.91 Å². The molecule has 2 aliphatic heterocycles. The molecular weight excluding hydrogens is 566 g/mol. The number of fused-ring (bicyclic) bond motifs is 1. The van der Waals surface area contributed by atoms with E-state index < -0.39 is 12.2 Å². The zero-order valence-corrected chi connectivity index (χ0v) is 25.3. The van der Waals surface area contributed by atoms with Crippen LogP contribution in [0, 0.1) is 0 Å². The second-order valence-corrected chi connectivity index (χ2v) is 11.3. The maximum Gasteiger partial charge on any atom is 0.417 e. The molecule has 6 rings (SSSR count). The highest BCUT2D eigenvalue weighted by molar-refractivity contribution is 5.96. The fourth-order valence-corrected chi connectivity index (χ4v) is 5.74. The molecule has 0 radical (unpaired) electrons. The quantitative estimate of drug-likeness (QED) is 0.177.